The topological polar surface area (TPSA) is 41.6 Å². The Morgan fingerprint density at radius 1 is 1.17 bits per heavy atom. The third-order valence-corrected chi connectivity index (χ3v) is 6.21. The molecule has 0 aromatic heterocycles. The van der Waals surface area contributed by atoms with Crippen LogP contribution in [0.15, 0.2) is 5.10 Å². The van der Waals surface area contributed by atoms with Crippen LogP contribution in [-0.2, 0) is 0 Å². The molecule has 5 rings (SSSR count). The van der Waals surface area contributed by atoms with Gasteiger partial charge in [0, 0.05) is 20.0 Å². The van der Waals surface area contributed by atoms with E-state index in [0.717, 1.165) is 24.2 Å². The van der Waals surface area contributed by atoms with Crippen molar-refractivity contribution in [1.29, 1.82) is 0 Å². The first-order chi connectivity index (χ1) is 8.68. The maximum atomic E-state index is 5.79. The summed E-state index contributed by atoms with van der Waals surface area (Å²) in [5.41, 5.74) is 7.60. The summed E-state index contributed by atoms with van der Waals surface area (Å²) in [4.78, 5) is 0. The molecule has 0 spiro atoms. The molecule has 4 aliphatic carbocycles. The van der Waals surface area contributed by atoms with Crippen LogP contribution >= 0.6 is 0 Å². The van der Waals surface area contributed by atoms with Gasteiger partial charge in [0.2, 0.25) is 0 Å². The van der Waals surface area contributed by atoms with Crippen LogP contribution in [0.1, 0.15) is 44.9 Å². The first-order valence-electron chi connectivity index (χ1n) is 7.68. The molecule has 3 nitrogen and oxygen atoms in total. The minimum Gasteiger partial charge on any atom is -0.325 e. The zero-order chi connectivity index (χ0) is 12.3. The minimum absolute atomic E-state index is 0.587. The van der Waals surface area contributed by atoms with Gasteiger partial charge in [-0.3, -0.25) is 5.01 Å². The van der Waals surface area contributed by atoms with Crippen LogP contribution in [0.25, 0.3) is 0 Å². The van der Waals surface area contributed by atoms with Crippen LogP contribution in [0, 0.1) is 23.2 Å². The molecule has 100 valence electrons. The van der Waals surface area contributed by atoms with Crippen molar-refractivity contribution in [2.45, 2.75) is 51.0 Å². The zero-order valence-electron chi connectivity index (χ0n) is 11.4. The number of nitrogens with two attached hydrogens (primary N) is 1. The molecule has 4 fully saturated rings. The van der Waals surface area contributed by atoms with Gasteiger partial charge in [-0.2, -0.15) is 5.10 Å². The van der Waals surface area contributed by atoms with Crippen molar-refractivity contribution in [2.24, 2.45) is 34.0 Å². The number of hydrogen-bond donors (Lipinski definition) is 1. The van der Waals surface area contributed by atoms with E-state index >= 15 is 0 Å². The molecule has 0 saturated heterocycles. The molecule has 4 saturated carbocycles. The lowest BCUT2D eigenvalue weighted by Crippen LogP contribution is -2.54. The Morgan fingerprint density at radius 3 is 2.17 bits per heavy atom. The summed E-state index contributed by atoms with van der Waals surface area (Å²) in [5.74, 6) is 3.10. The molecule has 0 amide bonds. The normalized spacial score (nSPS) is 49.9. The van der Waals surface area contributed by atoms with E-state index in [1.807, 2.05) is 0 Å². The average molecular weight is 247 g/mol. The molecular formula is C15H25N3. The fraction of sp³-hybridized carbons (Fsp3) is 0.933. The average Bonchev–Trinajstić information content (AvgIpc) is 2.69. The Hall–Kier alpha value is -0.570. The Bertz CT molecular complexity index is 352. The Morgan fingerprint density at radius 2 is 1.72 bits per heavy atom. The summed E-state index contributed by atoms with van der Waals surface area (Å²) in [6.07, 6.45) is 10.1. The van der Waals surface area contributed by atoms with Crippen LogP contribution < -0.4 is 5.73 Å². The van der Waals surface area contributed by atoms with Gasteiger partial charge >= 0.3 is 0 Å². The van der Waals surface area contributed by atoms with E-state index in [4.69, 9.17) is 5.73 Å². The maximum Gasteiger partial charge on any atom is 0.0577 e. The van der Waals surface area contributed by atoms with Gasteiger partial charge in [-0.1, -0.05) is 0 Å². The van der Waals surface area contributed by atoms with Gasteiger partial charge in [0.25, 0.3) is 0 Å². The van der Waals surface area contributed by atoms with Gasteiger partial charge < -0.3 is 5.73 Å². The molecule has 3 heteroatoms. The first-order valence-corrected chi connectivity index (χ1v) is 7.68. The fourth-order valence-corrected chi connectivity index (χ4v) is 6.01. The van der Waals surface area contributed by atoms with Crippen molar-refractivity contribution in [3.05, 3.63) is 0 Å². The van der Waals surface area contributed by atoms with Gasteiger partial charge in [0.15, 0.2) is 0 Å². The van der Waals surface area contributed by atoms with Gasteiger partial charge in [-0.15, -0.1) is 0 Å². The Kier molecular flexibility index (Phi) is 2.33. The van der Waals surface area contributed by atoms with Crippen molar-refractivity contribution in [3.63, 3.8) is 0 Å². The molecule has 1 aliphatic heterocycles. The highest BCUT2D eigenvalue weighted by Crippen LogP contribution is 2.62. The summed E-state index contributed by atoms with van der Waals surface area (Å²) in [7, 11) is 2.17. The predicted octanol–water partition coefficient (Wildman–Crippen LogP) is 2.22. The Labute approximate surface area is 110 Å². The van der Waals surface area contributed by atoms with Crippen LogP contribution in [0.4, 0.5) is 0 Å². The van der Waals surface area contributed by atoms with Crippen molar-refractivity contribution >= 4 is 5.71 Å². The van der Waals surface area contributed by atoms with E-state index < -0.39 is 0 Å². The molecule has 0 radical (unpaired) electrons. The molecule has 0 aromatic rings. The fourth-order valence-electron chi connectivity index (χ4n) is 6.01. The van der Waals surface area contributed by atoms with Crippen molar-refractivity contribution in [2.75, 3.05) is 13.6 Å². The van der Waals surface area contributed by atoms with E-state index in [-0.39, 0.29) is 0 Å². The smallest absolute Gasteiger partial charge is 0.0577 e. The van der Waals surface area contributed by atoms with Crippen LogP contribution in [0.5, 0.6) is 0 Å². The molecule has 1 atom stereocenters. The van der Waals surface area contributed by atoms with Gasteiger partial charge in [0.1, 0.15) is 0 Å². The van der Waals surface area contributed by atoms with Gasteiger partial charge in [0.05, 0.1) is 11.8 Å². The molecule has 1 heterocycles. The highest BCUT2D eigenvalue weighted by molar-refractivity contribution is 5.87. The van der Waals surface area contributed by atoms with Crippen molar-refractivity contribution < 1.29 is 0 Å². The molecular weight excluding hydrogens is 222 g/mol. The number of rotatable bonds is 2. The number of nitrogens with zero attached hydrogens (tertiary/aromatic N) is 2. The second-order valence-electron chi connectivity index (χ2n) is 7.44. The largest absolute Gasteiger partial charge is 0.325 e. The first kappa shape index (κ1) is 11.3. The van der Waals surface area contributed by atoms with Crippen molar-refractivity contribution in [1.82, 2.24) is 5.01 Å². The van der Waals surface area contributed by atoms with E-state index in [0.29, 0.717) is 18.0 Å². The molecule has 18 heavy (non-hydrogen) atoms. The lowest BCUT2D eigenvalue weighted by atomic mass is 9.47. The SMILES string of the molecule is CN1N=C(CN)CC1C12CC3CC(CC(C3)C1)C2. The van der Waals surface area contributed by atoms with E-state index in [1.54, 1.807) is 0 Å². The molecule has 0 aromatic carbocycles. The molecule has 4 bridgehead atoms. The predicted molar refractivity (Wildman–Crippen MR) is 73.3 cm³/mol. The third kappa shape index (κ3) is 1.49. The van der Waals surface area contributed by atoms with Crippen LogP contribution in [-0.4, -0.2) is 30.4 Å². The van der Waals surface area contributed by atoms with Gasteiger partial charge in [-0.25, -0.2) is 0 Å². The molecule has 2 N–H and O–H groups in total. The standard InChI is InChI=1S/C15H25N3/c1-18-14(5-13(9-16)17-18)15-6-10-2-11(7-15)4-12(3-10)8-15/h10-12,14H,2-9,16H2,1H3. The summed E-state index contributed by atoms with van der Waals surface area (Å²) in [6.45, 7) is 0.646. The zero-order valence-corrected chi connectivity index (χ0v) is 11.4. The summed E-state index contributed by atoms with van der Waals surface area (Å²) in [6, 6.07) is 0.657. The second-order valence-corrected chi connectivity index (χ2v) is 7.44. The Balaban J connectivity index is 1.61. The van der Waals surface area contributed by atoms with E-state index in [2.05, 4.69) is 17.2 Å². The summed E-state index contributed by atoms with van der Waals surface area (Å²) < 4.78 is 0. The van der Waals surface area contributed by atoms with Gasteiger partial charge in [-0.05, 0) is 61.7 Å². The number of hydrazone groups is 1. The monoisotopic (exact) mass is 247 g/mol. The second kappa shape index (κ2) is 3.72. The molecule has 5 aliphatic rings. The molecule has 1 unspecified atom stereocenters. The van der Waals surface area contributed by atoms with Crippen molar-refractivity contribution in [3.8, 4) is 0 Å². The minimum atomic E-state index is 0.587. The lowest BCUT2D eigenvalue weighted by Gasteiger charge is -2.59. The lowest BCUT2D eigenvalue weighted by molar-refractivity contribution is -0.0916. The quantitative estimate of drug-likeness (QED) is 0.813. The third-order valence-electron chi connectivity index (χ3n) is 6.21. The number of hydrogen-bond acceptors (Lipinski definition) is 3. The summed E-state index contributed by atoms with van der Waals surface area (Å²) >= 11 is 0. The summed E-state index contributed by atoms with van der Waals surface area (Å²) in [5, 5.41) is 6.93. The van der Waals surface area contributed by atoms with E-state index in [1.165, 1.54) is 44.2 Å². The maximum absolute atomic E-state index is 5.79. The van der Waals surface area contributed by atoms with E-state index in [9.17, 15) is 0 Å². The highest BCUT2D eigenvalue weighted by Gasteiger charge is 2.55. The highest BCUT2D eigenvalue weighted by atomic mass is 15.5. The van der Waals surface area contributed by atoms with Crippen LogP contribution in [0.3, 0.4) is 0 Å². The van der Waals surface area contributed by atoms with Crippen LogP contribution in [0.2, 0.25) is 0 Å².